The molecule has 0 spiro atoms. The quantitative estimate of drug-likeness (QED) is 0.748. The summed E-state index contributed by atoms with van der Waals surface area (Å²) < 4.78 is 24.5. The fraction of sp³-hybridized carbons (Fsp3) is 0.286. The van der Waals surface area contributed by atoms with Gasteiger partial charge in [-0.15, -0.1) is 0 Å². The Bertz CT molecular complexity index is 348. The molecule has 12 heavy (non-hydrogen) atoms. The van der Waals surface area contributed by atoms with Gasteiger partial charge in [-0.2, -0.15) is 0 Å². The molecule has 1 N–H and O–H groups in total. The van der Waals surface area contributed by atoms with E-state index in [0.29, 0.717) is 0 Å². The van der Waals surface area contributed by atoms with Crippen LogP contribution < -0.4 is 5.43 Å². The van der Waals surface area contributed by atoms with Crippen molar-refractivity contribution in [2.75, 3.05) is 0 Å². The molecule has 2 nitrogen and oxygen atoms in total. The highest BCUT2D eigenvalue weighted by molar-refractivity contribution is 9.10. The first-order chi connectivity index (χ1) is 5.54. The molecule has 0 aliphatic heterocycles. The average molecular weight is 238 g/mol. The van der Waals surface area contributed by atoms with E-state index < -0.39 is 17.4 Å². The molecular formula is C7H6BrF2NO. The first-order valence-corrected chi connectivity index (χ1v) is 3.99. The molecule has 0 atom stereocenters. The van der Waals surface area contributed by atoms with Gasteiger partial charge in [-0.25, -0.2) is 8.78 Å². The lowest BCUT2D eigenvalue weighted by atomic mass is 10.2. The summed E-state index contributed by atoms with van der Waals surface area (Å²) in [5.74, 6) is 0. The summed E-state index contributed by atoms with van der Waals surface area (Å²) in [6.45, 7) is 1.48. The van der Waals surface area contributed by atoms with Gasteiger partial charge in [0.05, 0.1) is 10.2 Å². The highest BCUT2D eigenvalue weighted by Gasteiger charge is 2.16. The zero-order valence-electron chi connectivity index (χ0n) is 6.20. The summed E-state index contributed by atoms with van der Waals surface area (Å²) in [6.07, 6.45) is -1.36. The van der Waals surface area contributed by atoms with Crippen LogP contribution in [0.2, 0.25) is 0 Å². The third kappa shape index (κ3) is 1.55. The molecule has 1 rings (SSSR count). The van der Waals surface area contributed by atoms with Crippen molar-refractivity contribution in [2.24, 2.45) is 0 Å². The van der Waals surface area contributed by atoms with Crippen molar-refractivity contribution < 1.29 is 8.78 Å². The maximum absolute atomic E-state index is 12.2. The van der Waals surface area contributed by atoms with Crippen molar-refractivity contribution in [3.05, 3.63) is 32.2 Å². The predicted octanol–water partition coefficient (Wildman–Crippen LogP) is 2.38. The summed E-state index contributed by atoms with van der Waals surface area (Å²) in [5.41, 5.74) is -0.834. The number of rotatable bonds is 1. The lowest BCUT2D eigenvalue weighted by molar-refractivity contribution is 0.148. The van der Waals surface area contributed by atoms with E-state index in [2.05, 4.69) is 20.9 Å². The van der Waals surface area contributed by atoms with Gasteiger partial charge in [0.15, 0.2) is 5.43 Å². The van der Waals surface area contributed by atoms with Crippen molar-refractivity contribution in [3.63, 3.8) is 0 Å². The Morgan fingerprint density at radius 1 is 1.58 bits per heavy atom. The standard InChI is InChI=1S/C7H6BrF2NO/c1-3-2-11-6(8)4(5(3)12)7(9)10/h2,7H,1H3,(H,11,12). The van der Waals surface area contributed by atoms with E-state index in [1.807, 2.05) is 0 Å². The van der Waals surface area contributed by atoms with Crippen LogP contribution in [0.5, 0.6) is 0 Å². The van der Waals surface area contributed by atoms with Gasteiger partial charge in [0.2, 0.25) is 0 Å². The fourth-order valence-corrected chi connectivity index (χ4v) is 1.29. The van der Waals surface area contributed by atoms with E-state index in [1.54, 1.807) is 0 Å². The van der Waals surface area contributed by atoms with E-state index in [4.69, 9.17) is 0 Å². The molecule has 0 unspecified atom stereocenters. The Hall–Kier alpha value is -0.710. The molecule has 5 heteroatoms. The monoisotopic (exact) mass is 237 g/mol. The van der Waals surface area contributed by atoms with Crippen LogP contribution in [0.4, 0.5) is 8.78 Å². The van der Waals surface area contributed by atoms with Crippen molar-refractivity contribution in [1.29, 1.82) is 0 Å². The van der Waals surface area contributed by atoms with Crippen molar-refractivity contribution in [3.8, 4) is 0 Å². The SMILES string of the molecule is Cc1c[nH]c(Br)c(C(F)F)c1=O. The number of aromatic amines is 1. The van der Waals surface area contributed by atoms with Crippen LogP contribution in [0.1, 0.15) is 17.6 Å². The average Bonchev–Trinajstić information content (AvgIpc) is 1.97. The number of halogens is 3. The number of pyridine rings is 1. The zero-order chi connectivity index (χ0) is 9.30. The first kappa shape index (κ1) is 9.38. The van der Waals surface area contributed by atoms with Crippen molar-refractivity contribution in [1.82, 2.24) is 4.98 Å². The van der Waals surface area contributed by atoms with Gasteiger partial charge in [0.25, 0.3) is 6.43 Å². The molecule has 66 valence electrons. The van der Waals surface area contributed by atoms with Gasteiger partial charge in [-0.1, -0.05) is 0 Å². The Morgan fingerprint density at radius 2 is 2.17 bits per heavy atom. The maximum Gasteiger partial charge on any atom is 0.270 e. The Labute approximate surface area is 75.7 Å². The molecule has 1 aromatic rings. The maximum atomic E-state index is 12.2. The topological polar surface area (TPSA) is 32.9 Å². The molecule has 0 amide bonds. The van der Waals surface area contributed by atoms with E-state index in [9.17, 15) is 13.6 Å². The molecule has 1 heterocycles. The predicted molar refractivity (Wildman–Crippen MR) is 44.5 cm³/mol. The second kappa shape index (κ2) is 3.35. The highest BCUT2D eigenvalue weighted by Crippen LogP contribution is 2.21. The van der Waals surface area contributed by atoms with Crippen LogP contribution in [0.25, 0.3) is 0 Å². The Balaban J connectivity index is 3.44. The number of aryl methyl sites for hydroxylation is 1. The molecule has 0 aliphatic rings. The minimum Gasteiger partial charge on any atom is -0.355 e. The molecular weight excluding hydrogens is 232 g/mol. The third-order valence-corrected chi connectivity index (χ3v) is 2.13. The summed E-state index contributed by atoms with van der Waals surface area (Å²) in [7, 11) is 0. The van der Waals surface area contributed by atoms with Gasteiger partial charge >= 0.3 is 0 Å². The van der Waals surface area contributed by atoms with Crippen LogP contribution in [-0.2, 0) is 0 Å². The normalized spacial score (nSPS) is 10.8. The van der Waals surface area contributed by atoms with Crippen LogP contribution in [-0.4, -0.2) is 4.98 Å². The van der Waals surface area contributed by atoms with E-state index in [-0.39, 0.29) is 10.2 Å². The van der Waals surface area contributed by atoms with Gasteiger partial charge in [-0.05, 0) is 22.9 Å². The number of aromatic nitrogens is 1. The Morgan fingerprint density at radius 3 is 2.58 bits per heavy atom. The third-order valence-electron chi connectivity index (χ3n) is 1.47. The van der Waals surface area contributed by atoms with Gasteiger partial charge in [0.1, 0.15) is 0 Å². The van der Waals surface area contributed by atoms with E-state index in [1.165, 1.54) is 13.1 Å². The molecule has 1 aromatic heterocycles. The summed E-state index contributed by atoms with van der Waals surface area (Å²) in [6, 6.07) is 0. The summed E-state index contributed by atoms with van der Waals surface area (Å²) >= 11 is 2.85. The van der Waals surface area contributed by atoms with Crippen LogP contribution in [0, 0.1) is 6.92 Å². The summed E-state index contributed by atoms with van der Waals surface area (Å²) in [5, 5.41) is 0. The molecule has 0 aromatic carbocycles. The minimum absolute atomic E-state index is 0.0492. The molecule has 0 radical (unpaired) electrons. The molecule has 0 saturated carbocycles. The fourth-order valence-electron chi connectivity index (χ4n) is 0.822. The van der Waals surface area contributed by atoms with Gasteiger partial charge in [0, 0.05) is 11.8 Å². The number of hydrogen-bond acceptors (Lipinski definition) is 1. The lowest BCUT2D eigenvalue weighted by Crippen LogP contribution is -2.13. The van der Waals surface area contributed by atoms with Crippen LogP contribution >= 0.6 is 15.9 Å². The van der Waals surface area contributed by atoms with E-state index in [0.717, 1.165) is 0 Å². The second-order valence-electron chi connectivity index (χ2n) is 2.33. The lowest BCUT2D eigenvalue weighted by Gasteiger charge is -2.02. The van der Waals surface area contributed by atoms with Crippen LogP contribution in [0.15, 0.2) is 15.6 Å². The molecule has 0 aliphatic carbocycles. The zero-order valence-corrected chi connectivity index (χ0v) is 7.78. The van der Waals surface area contributed by atoms with Gasteiger partial charge in [-0.3, -0.25) is 4.79 Å². The van der Waals surface area contributed by atoms with E-state index >= 15 is 0 Å². The molecule has 0 fully saturated rings. The van der Waals surface area contributed by atoms with Crippen molar-refractivity contribution >= 4 is 15.9 Å². The summed E-state index contributed by atoms with van der Waals surface area (Å²) in [4.78, 5) is 13.6. The first-order valence-electron chi connectivity index (χ1n) is 3.20. The molecule has 0 saturated heterocycles. The van der Waals surface area contributed by atoms with Crippen LogP contribution in [0.3, 0.4) is 0 Å². The van der Waals surface area contributed by atoms with Gasteiger partial charge < -0.3 is 4.98 Å². The van der Waals surface area contributed by atoms with Crippen molar-refractivity contribution in [2.45, 2.75) is 13.3 Å². The Kier molecular flexibility index (Phi) is 2.62. The highest BCUT2D eigenvalue weighted by atomic mass is 79.9. The largest absolute Gasteiger partial charge is 0.355 e. The second-order valence-corrected chi connectivity index (χ2v) is 3.12. The smallest absolute Gasteiger partial charge is 0.270 e. The number of H-pyrrole nitrogens is 1. The number of hydrogen-bond donors (Lipinski definition) is 1. The molecule has 0 bridgehead atoms. The number of alkyl halides is 2. The number of nitrogens with one attached hydrogen (secondary N) is 1. The minimum atomic E-state index is -2.75.